The van der Waals surface area contributed by atoms with Gasteiger partial charge in [-0.3, -0.25) is 4.79 Å². The van der Waals surface area contributed by atoms with Crippen LogP contribution in [0.3, 0.4) is 0 Å². The van der Waals surface area contributed by atoms with E-state index in [2.05, 4.69) is 31.2 Å². The maximum Gasteiger partial charge on any atom is 0.135 e. The van der Waals surface area contributed by atoms with Crippen molar-refractivity contribution in [1.82, 2.24) is 0 Å². The van der Waals surface area contributed by atoms with Crippen LogP contribution in [0, 0.1) is 5.92 Å². The Balaban J connectivity index is 2.46. The molecule has 0 aliphatic rings. The van der Waals surface area contributed by atoms with E-state index in [1.807, 2.05) is 13.8 Å². The molecule has 16 heavy (non-hydrogen) atoms. The molecule has 0 aliphatic heterocycles. The average Bonchev–Trinajstić information content (AvgIpc) is 2.28. The van der Waals surface area contributed by atoms with E-state index in [1.54, 1.807) is 0 Å². The lowest BCUT2D eigenvalue weighted by atomic mass is 10.00. The normalized spacial score (nSPS) is 10.8. The predicted octanol–water partition coefficient (Wildman–Crippen LogP) is 3.80. The fraction of sp³-hybridized carbons (Fsp3) is 0.533. The number of aryl methyl sites for hydroxylation is 2. The smallest absolute Gasteiger partial charge is 0.135 e. The largest absolute Gasteiger partial charge is 0.299 e. The monoisotopic (exact) mass is 218 g/mol. The third kappa shape index (κ3) is 4.18. The van der Waals surface area contributed by atoms with Crippen LogP contribution < -0.4 is 0 Å². The summed E-state index contributed by atoms with van der Waals surface area (Å²) < 4.78 is 0. The molecule has 0 spiro atoms. The number of rotatable bonds is 6. The minimum absolute atomic E-state index is 0.166. The van der Waals surface area contributed by atoms with Gasteiger partial charge in [-0.05, 0) is 24.0 Å². The van der Waals surface area contributed by atoms with Gasteiger partial charge in [0, 0.05) is 12.3 Å². The summed E-state index contributed by atoms with van der Waals surface area (Å²) in [5.41, 5.74) is 2.66. The molecule has 0 fully saturated rings. The van der Waals surface area contributed by atoms with Crippen LogP contribution in [0.25, 0.3) is 0 Å². The Kier molecular flexibility index (Phi) is 5.24. The highest BCUT2D eigenvalue weighted by molar-refractivity contribution is 5.80. The summed E-state index contributed by atoms with van der Waals surface area (Å²) in [5.74, 6) is 0.525. The van der Waals surface area contributed by atoms with Crippen LogP contribution in [0.1, 0.15) is 44.7 Å². The van der Waals surface area contributed by atoms with Crippen molar-refractivity contribution in [2.24, 2.45) is 5.92 Å². The van der Waals surface area contributed by atoms with Crippen LogP contribution in [-0.2, 0) is 17.6 Å². The van der Waals surface area contributed by atoms with Gasteiger partial charge in [0.05, 0.1) is 0 Å². The number of hydrogen-bond donors (Lipinski definition) is 0. The van der Waals surface area contributed by atoms with Gasteiger partial charge in [0.15, 0.2) is 0 Å². The van der Waals surface area contributed by atoms with Crippen LogP contribution >= 0.6 is 0 Å². The highest BCUT2D eigenvalue weighted by Gasteiger charge is 2.06. The Bertz CT molecular complexity index is 322. The molecule has 0 heterocycles. The lowest BCUT2D eigenvalue weighted by Gasteiger charge is -2.05. The second-order valence-electron chi connectivity index (χ2n) is 4.69. The standard InChI is InChI=1S/C15H22O/c1-4-5-13-6-8-14(9-7-13)10-11-15(16)12(2)3/h6-9,12H,4-5,10-11H2,1-3H3. The van der Waals surface area contributed by atoms with Gasteiger partial charge < -0.3 is 0 Å². The van der Waals surface area contributed by atoms with Crippen LogP contribution in [0.2, 0.25) is 0 Å². The molecule has 0 radical (unpaired) electrons. The van der Waals surface area contributed by atoms with E-state index >= 15 is 0 Å². The van der Waals surface area contributed by atoms with Gasteiger partial charge in [-0.25, -0.2) is 0 Å². The zero-order valence-corrected chi connectivity index (χ0v) is 10.6. The molecule has 1 heteroatoms. The summed E-state index contributed by atoms with van der Waals surface area (Å²) in [4.78, 5) is 11.5. The van der Waals surface area contributed by atoms with E-state index in [9.17, 15) is 4.79 Å². The lowest BCUT2D eigenvalue weighted by molar-refractivity contribution is -0.121. The number of Topliss-reactive ketones (excluding diaryl/α,β-unsaturated/α-hetero) is 1. The van der Waals surface area contributed by atoms with Crippen molar-refractivity contribution in [3.8, 4) is 0 Å². The Labute approximate surface area is 98.9 Å². The molecule has 0 aliphatic carbocycles. The molecule has 0 saturated carbocycles. The molecular formula is C15H22O. The Hall–Kier alpha value is -1.11. The summed E-state index contributed by atoms with van der Waals surface area (Å²) >= 11 is 0. The Morgan fingerprint density at radius 3 is 2.00 bits per heavy atom. The first-order valence-electron chi connectivity index (χ1n) is 6.24. The van der Waals surface area contributed by atoms with Crippen LogP contribution in [0.15, 0.2) is 24.3 Å². The molecule has 1 nitrogen and oxygen atoms in total. The Morgan fingerprint density at radius 1 is 1.06 bits per heavy atom. The van der Waals surface area contributed by atoms with Crippen LogP contribution in [-0.4, -0.2) is 5.78 Å². The molecule has 1 aromatic carbocycles. The van der Waals surface area contributed by atoms with Gasteiger partial charge in [0.1, 0.15) is 5.78 Å². The molecule has 1 rings (SSSR count). The van der Waals surface area contributed by atoms with Crippen LogP contribution in [0.4, 0.5) is 0 Å². The summed E-state index contributed by atoms with van der Waals surface area (Å²) in [7, 11) is 0. The molecule has 0 atom stereocenters. The third-order valence-corrected chi connectivity index (χ3v) is 2.87. The van der Waals surface area contributed by atoms with Gasteiger partial charge in [-0.2, -0.15) is 0 Å². The molecule has 0 N–H and O–H groups in total. The van der Waals surface area contributed by atoms with Crippen molar-refractivity contribution < 1.29 is 4.79 Å². The van der Waals surface area contributed by atoms with E-state index in [0.717, 1.165) is 12.8 Å². The molecule has 0 aromatic heterocycles. The zero-order chi connectivity index (χ0) is 12.0. The molecular weight excluding hydrogens is 196 g/mol. The fourth-order valence-electron chi connectivity index (χ4n) is 1.72. The van der Waals surface area contributed by atoms with Gasteiger partial charge in [0.25, 0.3) is 0 Å². The fourth-order valence-corrected chi connectivity index (χ4v) is 1.72. The van der Waals surface area contributed by atoms with Crippen LogP contribution in [0.5, 0.6) is 0 Å². The van der Waals surface area contributed by atoms with E-state index in [4.69, 9.17) is 0 Å². The highest BCUT2D eigenvalue weighted by Crippen LogP contribution is 2.10. The van der Waals surface area contributed by atoms with E-state index < -0.39 is 0 Å². The van der Waals surface area contributed by atoms with Gasteiger partial charge in [-0.1, -0.05) is 51.5 Å². The van der Waals surface area contributed by atoms with E-state index in [0.29, 0.717) is 12.2 Å². The first-order valence-corrected chi connectivity index (χ1v) is 6.24. The average molecular weight is 218 g/mol. The minimum atomic E-state index is 0.166. The molecule has 88 valence electrons. The number of carbonyl (C=O) groups excluding carboxylic acids is 1. The van der Waals surface area contributed by atoms with Gasteiger partial charge in [-0.15, -0.1) is 0 Å². The van der Waals surface area contributed by atoms with Gasteiger partial charge >= 0.3 is 0 Å². The molecule has 0 bridgehead atoms. The summed E-state index contributed by atoms with van der Waals surface area (Å²) in [6, 6.07) is 8.66. The Morgan fingerprint density at radius 2 is 1.56 bits per heavy atom. The second kappa shape index (κ2) is 6.47. The molecule has 0 saturated heterocycles. The quantitative estimate of drug-likeness (QED) is 0.710. The maximum absolute atomic E-state index is 11.5. The van der Waals surface area contributed by atoms with E-state index in [-0.39, 0.29) is 5.92 Å². The van der Waals surface area contributed by atoms with Crippen molar-refractivity contribution in [2.75, 3.05) is 0 Å². The number of benzene rings is 1. The van der Waals surface area contributed by atoms with Crippen molar-refractivity contribution in [3.63, 3.8) is 0 Å². The maximum atomic E-state index is 11.5. The predicted molar refractivity (Wildman–Crippen MR) is 68.6 cm³/mol. The molecule has 0 unspecified atom stereocenters. The minimum Gasteiger partial charge on any atom is -0.299 e. The van der Waals surface area contributed by atoms with Crippen molar-refractivity contribution in [2.45, 2.75) is 46.5 Å². The summed E-state index contributed by atoms with van der Waals surface area (Å²) in [6.45, 7) is 6.12. The summed E-state index contributed by atoms with van der Waals surface area (Å²) in [6.07, 6.45) is 3.88. The van der Waals surface area contributed by atoms with Crippen molar-refractivity contribution in [1.29, 1.82) is 0 Å². The second-order valence-corrected chi connectivity index (χ2v) is 4.69. The highest BCUT2D eigenvalue weighted by atomic mass is 16.1. The molecule has 0 amide bonds. The topological polar surface area (TPSA) is 17.1 Å². The van der Waals surface area contributed by atoms with Crippen molar-refractivity contribution >= 4 is 5.78 Å². The number of ketones is 1. The lowest BCUT2D eigenvalue weighted by Crippen LogP contribution is -2.07. The zero-order valence-electron chi connectivity index (χ0n) is 10.6. The number of hydrogen-bond acceptors (Lipinski definition) is 1. The first kappa shape index (κ1) is 13.0. The van der Waals surface area contributed by atoms with E-state index in [1.165, 1.54) is 17.5 Å². The van der Waals surface area contributed by atoms with Gasteiger partial charge in [0.2, 0.25) is 0 Å². The third-order valence-electron chi connectivity index (χ3n) is 2.87. The first-order chi connectivity index (χ1) is 7.63. The van der Waals surface area contributed by atoms with Crippen molar-refractivity contribution in [3.05, 3.63) is 35.4 Å². The molecule has 1 aromatic rings. The number of carbonyl (C=O) groups is 1. The SMILES string of the molecule is CCCc1ccc(CCC(=O)C(C)C)cc1. The summed E-state index contributed by atoms with van der Waals surface area (Å²) in [5, 5.41) is 0.